The number of nitrogens with one attached hydrogen (secondary N) is 1. The molecule has 3 heterocycles. The molecular formula is C20H31N5O4. The van der Waals surface area contributed by atoms with E-state index in [0.717, 1.165) is 12.8 Å². The minimum atomic E-state index is -0.557. The molecule has 0 radical (unpaired) electrons. The summed E-state index contributed by atoms with van der Waals surface area (Å²) in [4.78, 5) is 34.9. The van der Waals surface area contributed by atoms with Crippen molar-refractivity contribution < 1.29 is 19.1 Å². The Kier molecular flexibility index (Phi) is 5.71. The van der Waals surface area contributed by atoms with Gasteiger partial charge >= 0.3 is 6.09 Å². The maximum absolute atomic E-state index is 12.4. The van der Waals surface area contributed by atoms with Crippen molar-refractivity contribution in [2.45, 2.75) is 65.2 Å². The van der Waals surface area contributed by atoms with Crippen molar-refractivity contribution >= 4 is 23.5 Å². The number of ether oxygens (including phenoxy) is 2. The summed E-state index contributed by atoms with van der Waals surface area (Å²) in [5.41, 5.74) is 5.39. The summed E-state index contributed by atoms with van der Waals surface area (Å²) in [6.45, 7) is 10.9. The molecular weight excluding hydrogens is 374 g/mol. The maximum atomic E-state index is 12.4. The van der Waals surface area contributed by atoms with Gasteiger partial charge in [-0.15, -0.1) is 0 Å². The van der Waals surface area contributed by atoms with Crippen molar-refractivity contribution in [2.24, 2.45) is 5.41 Å². The van der Waals surface area contributed by atoms with Gasteiger partial charge in [0.2, 0.25) is 0 Å². The van der Waals surface area contributed by atoms with Crippen molar-refractivity contribution in [3.63, 3.8) is 0 Å². The Bertz CT molecular complexity index is 784. The van der Waals surface area contributed by atoms with Crippen molar-refractivity contribution in [3.8, 4) is 0 Å². The van der Waals surface area contributed by atoms with Gasteiger partial charge in [0, 0.05) is 25.4 Å². The van der Waals surface area contributed by atoms with Gasteiger partial charge in [-0.1, -0.05) is 0 Å². The smallest absolute Gasteiger partial charge is 0.407 e. The van der Waals surface area contributed by atoms with E-state index in [4.69, 9.17) is 15.2 Å². The fourth-order valence-corrected chi connectivity index (χ4v) is 4.17. The monoisotopic (exact) mass is 405 g/mol. The second-order valence-electron chi connectivity index (χ2n) is 9.01. The summed E-state index contributed by atoms with van der Waals surface area (Å²) >= 11 is 0. The van der Waals surface area contributed by atoms with Gasteiger partial charge in [-0.25, -0.2) is 14.8 Å². The Morgan fingerprint density at radius 2 is 2.00 bits per heavy atom. The number of alkyl carbamates (subject to hydrolysis) is 1. The Morgan fingerprint density at radius 3 is 2.59 bits per heavy atom. The van der Waals surface area contributed by atoms with E-state index in [-0.39, 0.29) is 29.2 Å². The molecule has 1 aromatic heterocycles. The van der Waals surface area contributed by atoms with Crippen LogP contribution in [0.5, 0.6) is 0 Å². The highest BCUT2D eigenvalue weighted by Gasteiger charge is 2.50. The molecule has 3 N–H and O–H groups in total. The number of nitrogens with zero attached hydrogens (tertiary/aromatic N) is 3. The van der Waals surface area contributed by atoms with Crippen LogP contribution in [-0.4, -0.2) is 59.3 Å². The highest BCUT2D eigenvalue weighted by molar-refractivity contribution is 5.97. The van der Waals surface area contributed by atoms with Crippen LogP contribution in [-0.2, 0) is 9.47 Å². The van der Waals surface area contributed by atoms with Crippen LogP contribution in [0.1, 0.15) is 57.9 Å². The van der Waals surface area contributed by atoms with E-state index in [2.05, 4.69) is 15.3 Å². The second-order valence-corrected chi connectivity index (χ2v) is 9.01. The van der Waals surface area contributed by atoms with E-state index >= 15 is 0 Å². The highest BCUT2D eigenvalue weighted by atomic mass is 16.6. The molecule has 0 saturated carbocycles. The van der Waals surface area contributed by atoms with E-state index < -0.39 is 11.7 Å². The van der Waals surface area contributed by atoms with Gasteiger partial charge in [0.05, 0.1) is 24.9 Å². The first-order valence-electron chi connectivity index (χ1n) is 10.0. The fraction of sp³-hybridized carbons (Fsp3) is 0.700. The first-order chi connectivity index (χ1) is 13.5. The molecule has 0 bridgehead atoms. The minimum Gasteiger partial charge on any atom is -0.444 e. The average molecular weight is 405 g/mol. The largest absolute Gasteiger partial charge is 0.444 e. The van der Waals surface area contributed by atoms with E-state index in [0.29, 0.717) is 31.2 Å². The van der Waals surface area contributed by atoms with Crippen LogP contribution in [0, 0.1) is 5.41 Å². The number of nitrogens with two attached hydrogens (primary N) is 1. The molecule has 2 atom stereocenters. The van der Waals surface area contributed by atoms with Crippen molar-refractivity contribution in [1.29, 1.82) is 0 Å². The van der Waals surface area contributed by atoms with Crippen LogP contribution in [0.4, 0.5) is 16.4 Å². The Hall–Kier alpha value is -2.42. The number of Topliss-reactive ketones (excluding diaryl/α,β-unsaturated/α-hetero) is 1. The summed E-state index contributed by atoms with van der Waals surface area (Å²) < 4.78 is 11.4. The summed E-state index contributed by atoms with van der Waals surface area (Å²) in [5.74, 6) is 0.665. The average Bonchev–Trinajstić information content (AvgIpc) is 2.90. The molecule has 1 spiro atoms. The molecule has 2 aliphatic rings. The summed E-state index contributed by atoms with van der Waals surface area (Å²) in [5, 5.41) is 3.03. The summed E-state index contributed by atoms with van der Waals surface area (Å²) in [7, 11) is 0. The van der Waals surface area contributed by atoms with Gasteiger partial charge < -0.3 is 25.4 Å². The van der Waals surface area contributed by atoms with E-state index in [9.17, 15) is 9.59 Å². The van der Waals surface area contributed by atoms with Crippen molar-refractivity contribution in [3.05, 3.63) is 11.9 Å². The summed E-state index contributed by atoms with van der Waals surface area (Å²) in [6, 6.07) is -0.140. The number of hydrogen-bond donors (Lipinski definition) is 2. The Balaban J connectivity index is 1.73. The van der Waals surface area contributed by atoms with Crippen LogP contribution < -0.4 is 16.0 Å². The fourth-order valence-electron chi connectivity index (χ4n) is 4.17. The number of ketones is 1. The zero-order valence-corrected chi connectivity index (χ0v) is 17.8. The van der Waals surface area contributed by atoms with Gasteiger partial charge in [0.1, 0.15) is 17.1 Å². The number of rotatable bonds is 3. The number of amides is 1. The zero-order chi connectivity index (χ0) is 21.4. The molecule has 3 rings (SSSR count). The van der Waals surface area contributed by atoms with Gasteiger partial charge in [0.15, 0.2) is 11.6 Å². The lowest BCUT2D eigenvalue weighted by atomic mass is 9.73. The van der Waals surface area contributed by atoms with Crippen LogP contribution in [0.25, 0.3) is 0 Å². The van der Waals surface area contributed by atoms with Crippen LogP contribution in [0.15, 0.2) is 6.20 Å². The number of anilines is 2. The zero-order valence-electron chi connectivity index (χ0n) is 17.8. The number of aromatic nitrogens is 2. The summed E-state index contributed by atoms with van der Waals surface area (Å²) in [6.07, 6.45) is 2.44. The Morgan fingerprint density at radius 1 is 1.34 bits per heavy atom. The van der Waals surface area contributed by atoms with Crippen LogP contribution >= 0.6 is 0 Å². The normalized spacial score (nSPS) is 23.8. The molecule has 2 saturated heterocycles. The van der Waals surface area contributed by atoms with Gasteiger partial charge in [-0.3, -0.25) is 4.79 Å². The molecule has 2 fully saturated rings. The van der Waals surface area contributed by atoms with Gasteiger partial charge in [-0.05, 0) is 40.5 Å². The number of hydrogen-bond acceptors (Lipinski definition) is 8. The molecule has 160 valence electrons. The SMILES string of the molecule is CC(=O)c1ncc(N)nc1N1CCC2(CC1)CO[C@@H](C)[C@H]2NC(=O)OC(C)(C)C. The minimum absolute atomic E-state index is 0.103. The highest BCUT2D eigenvalue weighted by Crippen LogP contribution is 2.43. The quantitative estimate of drug-likeness (QED) is 0.734. The van der Waals surface area contributed by atoms with E-state index in [1.807, 2.05) is 32.6 Å². The molecule has 1 amide bonds. The topological polar surface area (TPSA) is 120 Å². The third kappa shape index (κ3) is 4.60. The molecule has 2 aliphatic heterocycles. The van der Waals surface area contributed by atoms with Crippen LogP contribution in [0.2, 0.25) is 0 Å². The molecule has 0 unspecified atom stereocenters. The van der Waals surface area contributed by atoms with E-state index in [1.165, 1.54) is 13.1 Å². The first kappa shape index (κ1) is 21.3. The molecule has 0 aromatic carbocycles. The van der Waals surface area contributed by atoms with E-state index in [1.54, 1.807) is 0 Å². The molecule has 29 heavy (non-hydrogen) atoms. The third-order valence-electron chi connectivity index (χ3n) is 5.60. The predicted molar refractivity (Wildman–Crippen MR) is 109 cm³/mol. The van der Waals surface area contributed by atoms with Crippen molar-refractivity contribution in [1.82, 2.24) is 15.3 Å². The number of nitrogen functional groups attached to an aromatic ring is 1. The predicted octanol–water partition coefficient (Wildman–Crippen LogP) is 2.16. The number of piperidine rings is 1. The van der Waals surface area contributed by atoms with Crippen molar-refractivity contribution in [2.75, 3.05) is 30.3 Å². The molecule has 0 aliphatic carbocycles. The number of carbonyl (C=O) groups is 2. The first-order valence-corrected chi connectivity index (χ1v) is 10.0. The van der Waals surface area contributed by atoms with Gasteiger partial charge in [-0.2, -0.15) is 0 Å². The molecule has 9 heteroatoms. The standard InChI is InChI=1S/C20H31N5O4/c1-12(26)15-17(23-14(21)10-22-15)25-8-6-20(7-9-25)11-28-13(2)16(20)24-18(27)29-19(3,4)5/h10,13,16H,6-9,11H2,1-5H3,(H2,21,23)(H,24,27)/t13-,16+/m0/s1. The van der Waals surface area contributed by atoms with Gasteiger partial charge in [0.25, 0.3) is 0 Å². The number of carbonyl (C=O) groups excluding carboxylic acids is 2. The molecule has 9 nitrogen and oxygen atoms in total. The van der Waals surface area contributed by atoms with Crippen LogP contribution in [0.3, 0.4) is 0 Å². The lowest BCUT2D eigenvalue weighted by molar-refractivity contribution is 0.0434. The Labute approximate surface area is 171 Å². The third-order valence-corrected chi connectivity index (χ3v) is 5.60. The second kappa shape index (κ2) is 7.78. The lowest BCUT2D eigenvalue weighted by Crippen LogP contribution is -2.55. The molecule has 1 aromatic rings. The maximum Gasteiger partial charge on any atom is 0.407 e. The lowest BCUT2D eigenvalue weighted by Gasteiger charge is -2.43.